The van der Waals surface area contributed by atoms with Crippen molar-refractivity contribution in [3.05, 3.63) is 24.3 Å². The maximum Gasteiger partial charge on any atom is 0.221 e. The predicted octanol–water partition coefficient (Wildman–Crippen LogP) is 6.21. The van der Waals surface area contributed by atoms with Crippen LogP contribution in [-0.4, -0.2) is 31.1 Å². The van der Waals surface area contributed by atoms with Crippen LogP contribution >= 0.6 is 0 Å². The molecule has 0 aromatic heterocycles. The molecule has 0 heterocycles. The van der Waals surface area contributed by atoms with Gasteiger partial charge in [-0.1, -0.05) is 70.3 Å². The van der Waals surface area contributed by atoms with Gasteiger partial charge in [-0.05, 0) is 59.0 Å². The van der Waals surface area contributed by atoms with Crippen LogP contribution in [0.3, 0.4) is 0 Å². The molecule has 0 aliphatic heterocycles. The first kappa shape index (κ1) is 24.9. The van der Waals surface area contributed by atoms with Gasteiger partial charge in [0.15, 0.2) is 0 Å². The van der Waals surface area contributed by atoms with Crippen LogP contribution in [0.15, 0.2) is 24.3 Å². The van der Waals surface area contributed by atoms with Gasteiger partial charge < -0.3 is 5.32 Å². The van der Waals surface area contributed by atoms with Crippen molar-refractivity contribution >= 4 is 5.91 Å². The lowest BCUT2D eigenvalue weighted by molar-refractivity contribution is -0.123. The number of hydrogen-bond acceptors (Lipinski definition) is 2. The molecular weight excluding hydrogens is 320 g/mol. The molecule has 152 valence electrons. The Morgan fingerprint density at radius 3 is 2.00 bits per heavy atom. The zero-order valence-electron chi connectivity index (χ0n) is 17.9. The maximum atomic E-state index is 11.9. The predicted molar refractivity (Wildman–Crippen MR) is 115 cm³/mol. The van der Waals surface area contributed by atoms with Crippen LogP contribution in [0.5, 0.6) is 0 Å². The number of carbonyl (C=O) groups excluding carboxylic acids is 1. The first-order chi connectivity index (χ1) is 12.6. The average Bonchev–Trinajstić information content (AvgIpc) is 2.62. The number of nitrogens with one attached hydrogen (secondary N) is 1. The molecule has 0 aromatic carbocycles. The highest BCUT2D eigenvalue weighted by molar-refractivity contribution is 5.76. The molecule has 0 aliphatic carbocycles. The average molecular weight is 365 g/mol. The normalized spacial score (nSPS) is 13.1. The van der Waals surface area contributed by atoms with Gasteiger partial charge in [-0.15, -0.1) is 0 Å². The molecule has 26 heavy (non-hydrogen) atoms. The van der Waals surface area contributed by atoms with Gasteiger partial charge >= 0.3 is 0 Å². The minimum atomic E-state index is 0.167. The molecule has 0 unspecified atom stereocenters. The Morgan fingerprint density at radius 1 is 0.846 bits per heavy atom. The van der Waals surface area contributed by atoms with Crippen LogP contribution in [0.1, 0.15) is 97.3 Å². The van der Waals surface area contributed by atoms with Gasteiger partial charge in [-0.25, -0.2) is 0 Å². The summed E-state index contributed by atoms with van der Waals surface area (Å²) in [5, 5.41) is 3.09. The quantitative estimate of drug-likeness (QED) is 0.189. The van der Waals surface area contributed by atoms with E-state index in [9.17, 15) is 4.79 Å². The monoisotopic (exact) mass is 364 g/mol. The van der Waals surface area contributed by atoms with Gasteiger partial charge in [0, 0.05) is 6.42 Å². The second kappa shape index (κ2) is 18.7. The Bertz CT molecular complexity index is 374. The minimum absolute atomic E-state index is 0.167. The third-order valence-corrected chi connectivity index (χ3v) is 4.69. The summed E-state index contributed by atoms with van der Waals surface area (Å²) in [4.78, 5) is 14.0. The molecule has 0 rings (SSSR count). The van der Waals surface area contributed by atoms with Gasteiger partial charge in [-0.3, -0.25) is 9.69 Å². The zero-order chi connectivity index (χ0) is 19.5. The highest BCUT2D eigenvalue weighted by atomic mass is 16.1. The van der Waals surface area contributed by atoms with E-state index in [0.29, 0.717) is 6.42 Å². The summed E-state index contributed by atoms with van der Waals surface area (Å²) in [5.41, 5.74) is 0. The largest absolute Gasteiger partial charge is 0.341 e. The van der Waals surface area contributed by atoms with E-state index in [1.54, 1.807) is 0 Å². The Hall–Kier alpha value is -1.09. The van der Waals surface area contributed by atoms with Gasteiger partial charge in [0.05, 0.1) is 6.17 Å². The third kappa shape index (κ3) is 16.4. The second-order valence-electron chi connectivity index (χ2n) is 7.44. The van der Waals surface area contributed by atoms with Crippen LogP contribution in [-0.2, 0) is 4.79 Å². The van der Waals surface area contributed by atoms with Crippen molar-refractivity contribution in [2.75, 3.05) is 14.1 Å². The smallest absolute Gasteiger partial charge is 0.221 e. The van der Waals surface area contributed by atoms with Gasteiger partial charge in [0.25, 0.3) is 0 Å². The Kier molecular flexibility index (Phi) is 17.9. The summed E-state index contributed by atoms with van der Waals surface area (Å²) in [6.07, 6.45) is 24.4. The van der Waals surface area contributed by atoms with Gasteiger partial charge in [-0.2, -0.15) is 0 Å². The van der Waals surface area contributed by atoms with Crippen LogP contribution in [0.4, 0.5) is 0 Å². The molecule has 0 aliphatic rings. The summed E-state index contributed by atoms with van der Waals surface area (Å²) in [6, 6.07) is 0. The van der Waals surface area contributed by atoms with E-state index in [0.717, 1.165) is 25.7 Å². The van der Waals surface area contributed by atoms with Crippen molar-refractivity contribution in [3.63, 3.8) is 0 Å². The molecular formula is C23H44N2O. The molecule has 0 spiro atoms. The van der Waals surface area contributed by atoms with Crippen molar-refractivity contribution in [2.45, 2.75) is 103 Å². The lowest BCUT2D eigenvalue weighted by Gasteiger charge is -2.23. The molecule has 1 amide bonds. The zero-order valence-corrected chi connectivity index (χ0v) is 17.9. The minimum Gasteiger partial charge on any atom is -0.341 e. The van der Waals surface area contributed by atoms with Crippen molar-refractivity contribution < 1.29 is 4.79 Å². The maximum absolute atomic E-state index is 11.9. The van der Waals surface area contributed by atoms with Crippen LogP contribution in [0, 0.1) is 0 Å². The number of nitrogens with zero attached hydrogens (tertiary/aromatic N) is 1. The molecule has 0 saturated carbocycles. The number of amides is 1. The molecule has 3 heteroatoms. The fourth-order valence-corrected chi connectivity index (χ4v) is 2.95. The first-order valence-corrected chi connectivity index (χ1v) is 10.9. The topological polar surface area (TPSA) is 32.3 Å². The molecule has 1 N–H and O–H groups in total. The van der Waals surface area contributed by atoms with Gasteiger partial charge in [0.1, 0.15) is 0 Å². The van der Waals surface area contributed by atoms with Crippen molar-refractivity contribution in [1.29, 1.82) is 0 Å². The molecule has 0 bridgehead atoms. The summed E-state index contributed by atoms with van der Waals surface area (Å²) in [7, 11) is 4.01. The lowest BCUT2D eigenvalue weighted by atomic mass is 10.1. The van der Waals surface area contributed by atoms with E-state index in [1.807, 2.05) is 14.1 Å². The van der Waals surface area contributed by atoms with Crippen LogP contribution in [0.25, 0.3) is 0 Å². The first-order valence-electron chi connectivity index (χ1n) is 10.9. The molecule has 1 atom stereocenters. The molecule has 3 nitrogen and oxygen atoms in total. The van der Waals surface area contributed by atoms with Crippen molar-refractivity contribution in [2.24, 2.45) is 0 Å². The van der Waals surface area contributed by atoms with E-state index >= 15 is 0 Å². The van der Waals surface area contributed by atoms with Crippen molar-refractivity contribution in [3.8, 4) is 0 Å². The van der Waals surface area contributed by atoms with E-state index in [1.165, 1.54) is 51.4 Å². The summed E-state index contributed by atoms with van der Waals surface area (Å²) >= 11 is 0. The van der Waals surface area contributed by atoms with E-state index in [-0.39, 0.29) is 12.1 Å². The summed E-state index contributed by atoms with van der Waals surface area (Å²) < 4.78 is 0. The second-order valence-corrected chi connectivity index (χ2v) is 7.44. The number of carbonyl (C=O) groups is 1. The number of rotatable bonds is 17. The van der Waals surface area contributed by atoms with Crippen LogP contribution < -0.4 is 5.32 Å². The lowest BCUT2D eigenvalue weighted by Crippen LogP contribution is -2.44. The molecule has 0 fully saturated rings. The fourth-order valence-electron chi connectivity index (χ4n) is 2.95. The Labute approximate surface area is 163 Å². The van der Waals surface area contributed by atoms with Crippen molar-refractivity contribution in [1.82, 2.24) is 10.2 Å². The fraction of sp³-hybridized carbons (Fsp3) is 0.783. The summed E-state index contributed by atoms with van der Waals surface area (Å²) in [5.74, 6) is 0.191. The highest BCUT2D eigenvalue weighted by Gasteiger charge is 2.11. The number of hydrogen-bond donors (Lipinski definition) is 1. The highest BCUT2D eigenvalue weighted by Crippen LogP contribution is 2.08. The number of allylic oxidation sites excluding steroid dienone is 4. The Balaban J connectivity index is 3.43. The number of unbranched alkanes of at least 4 members (excludes halogenated alkanes) is 8. The Morgan fingerprint density at radius 2 is 1.42 bits per heavy atom. The van der Waals surface area contributed by atoms with E-state index in [2.05, 4.69) is 48.4 Å². The molecule has 0 aromatic rings. The standard InChI is InChI=1S/C23H44N2O/c1-5-7-8-9-10-11-12-13-14-15-16-17-18-19-20-21-23(26)24-22(6-2)25(3)4/h10-11,13-14,22H,5-9,12,15-21H2,1-4H3,(H,24,26)/b11-10-,14-13-/t22-/m1/s1. The van der Waals surface area contributed by atoms with E-state index < -0.39 is 0 Å². The summed E-state index contributed by atoms with van der Waals surface area (Å²) in [6.45, 7) is 4.35. The van der Waals surface area contributed by atoms with Crippen LogP contribution in [0.2, 0.25) is 0 Å². The molecule has 0 radical (unpaired) electrons. The third-order valence-electron chi connectivity index (χ3n) is 4.69. The molecule has 0 saturated heterocycles. The van der Waals surface area contributed by atoms with E-state index in [4.69, 9.17) is 0 Å². The SMILES string of the molecule is CCCCC/C=C\C/C=C\CCCCCCCC(=O)N[C@@H](CC)N(C)C. The van der Waals surface area contributed by atoms with Gasteiger partial charge in [0.2, 0.25) is 5.91 Å².